The van der Waals surface area contributed by atoms with E-state index in [1.807, 2.05) is 0 Å². The van der Waals surface area contributed by atoms with Crippen molar-refractivity contribution in [3.8, 4) is 5.75 Å². The second-order valence-electron chi connectivity index (χ2n) is 7.36. The molecule has 6 nitrogen and oxygen atoms in total. The highest BCUT2D eigenvalue weighted by Crippen LogP contribution is 2.36. The van der Waals surface area contributed by atoms with E-state index in [0.717, 1.165) is 0 Å². The fraction of sp³-hybridized carbons (Fsp3) is 0.208. The van der Waals surface area contributed by atoms with Crippen LogP contribution < -0.4 is 14.4 Å². The Labute approximate surface area is 196 Å². The van der Waals surface area contributed by atoms with Gasteiger partial charge in [-0.1, -0.05) is 48.5 Å². The zero-order valence-electron chi connectivity index (χ0n) is 17.7. The standard InChI is InChI=1S/C24H23FN2O4S2/c25-20-11-5-4-8-18(20)17-32-15-14-26-24(28)23-16-27(21-12-6-7-13-22(21)31-23)33(29,30)19-9-2-1-3-10-19/h1-13,23H,14-17H2,(H,26,28)/t23-/m1/s1. The second kappa shape index (κ2) is 10.3. The molecule has 4 rings (SSSR count). The van der Waals surface area contributed by atoms with E-state index in [1.54, 1.807) is 60.7 Å². The summed E-state index contributed by atoms with van der Waals surface area (Å²) < 4.78 is 47.3. The van der Waals surface area contributed by atoms with Crippen LogP contribution in [-0.4, -0.2) is 39.3 Å². The summed E-state index contributed by atoms with van der Waals surface area (Å²) in [5, 5.41) is 2.80. The van der Waals surface area contributed by atoms with Gasteiger partial charge in [0.05, 0.1) is 17.1 Å². The molecule has 1 atom stereocenters. The Kier molecular flexibility index (Phi) is 7.20. The number of thioether (sulfide) groups is 1. The lowest BCUT2D eigenvalue weighted by atomic mass is 10.2. The highest BCUT2D eigenvalue weighted by atomic mass is 32.2. The maximum absolute atomic E-state index is 13.7. The van der Waals surface area contributed by atoms with Crippen LogP contribution in [0, 0.1) is 5.82 Å². The normalized spacial score (nSPS) is 15.4. The summed E-state index contributed by atoms with van der Waals surface area (Å²) in [4.78, 5) is 12.9. The van der Waals surface area contributed by atoms with E-state index >= 15 is 0 Å². The van der Waals surface area contributed by atoms with Crippen molar-refractivity contribution in [2.75, 3.05) is 23.1 Å². The topological polar surface area (TPSA) is 75.7 Å². The maximum atomic E-state index is 13.7. The molecule has 0 aromatic heterocycles. The van der Waals surface area contributed by atoms with Crippen molar-refractivity contribution < 1.29 is 22.3 Å². The molecular formula is C24H23FN2O4S2. The number of fused-ring (bicyclic) bond motifs is 1. The first-order valence-corrected chi connectivity index (χ1v) is 13.0. The second-order valence-corrected chi connectivity index (χ2v) is 10.3. The van der Waals surface area contributed by atoms with Crippen LogP contribution in [0.5, 0.6) is 5.75 Å². The van der Waals surface area contributed by atoms with Crippen molar-refractivity contribution in [1.82, 2.24) is 5.32 Å². The zero-order valence-corrected chi connectivity index (χ0v) is 19.3. The van der Waals surface area contributed by atoms with E-state index in [1.165, 1.54) is 34.3 Å². The third kappa shape index (κ3) is 5.31. The molecule has 0 saturated carbocycles. The van der Waals surface area contributed by atoms with Gasteiger partial charge in [-0.25, -0.2) is 12.8 Å². The molecule has 33 heavy (non-hydrogen) atoms. The summed E-state index contributed by atoms with van der Waals surface area (Å²) in [6.45, 7) is 0.216. The molecule has 0 aliphatic carbocycles. The summed E-state index contributed by atoms with van der Waals surface area (Å²) in [6, 6.07) is 21.4. The molecule has 3 aromatic rings. The lowest BCUT2D eigenvalue weighted by Crippen LogP contribution is -2.51. The Hall–Kier alpha value is -3.04. The van der Waals surface area contributed by atoms with E-state index in [0.29, 0.717) is 35.1 Å². The summed E-state index contributed by atoms with van der Waals surface area (Å²) in [6.07, 6.45) is -0.991. The van der Waals surface area contributed by atoms with E-state index in [4.69, 9.17) is 4.74 Å². The number of para-hydroxylation sites is 2. The highest BCUT2D eigenvalue weighted by Gasteiger charge is 2.37. The van der Waals surface area contributed by atoms with E-state index < -0.39 is 22.0 Å². The molecule has 0 fully saturated rings. The van der Waals surface area contributed by atoms with Crippen LogP contribution in [0.15, 0.2) is 83.8 Å². The van der Waals surface area contributed by atoms with Gasteiger partial charge in [0.2, 0.25) is 0 Å². The molecule has 1 N–H and O–H groups in total. The van der Waals surface area contributed by atoms with Crippen molar-refractivity contribution in [3.63, 3.8) is 0 Å². The molecule has 3 aromatic carbocycles. The van der Waals surface area contributed by atoms with Gasteiger partial charge in [-0.05, 0) is 35.9 Å². The molecule has 1 heterocycles. The molecule has 0 radical (unpaired) electrons. The SMILES string of the molecule is O=C(NCCSCc1ccccc1F)[C@H]1CN(S(=O)(=O)c2ccccc2)c2ccccc2O1. The molecular weight excluding hydrogens is 463 g/mol. The minimum atomic E-state index is -3.87. The number of carbonyl (C=O) groups is 1. The molecule has 0 spiro atoms. The van der Waals surface area contributed by atoms with Gasteiger partial charge < -0.3 is 10.1 Å². The summed E-state index contributed by atoms with van der Waals surface area (Å²) in [7, 11) is -3.87. The van der Waals surface area contributed by atoms with Crippen LogP contribution in [0.3, 0.4) is 0 Å². The lowest BCUT2D eigenvalue weighted by molar-refractivity contribution is -0.127. The minimum Gasteiger partial charge on any atom is -0.476 e. The van der Waals surface area contributed by atoms with Crippen molar-refractivity contribution in [1.29, 1.82) is 0 Å². The Morgan fingerprint density at radius 2 is 1.73 bits per heavy atom. The minimum absolute atomic E-state index is 0.136. The predicted octanol–water partition coefficient (Wildman–Crippen LogP) is 3.83. The van der Waals surface area contributed by atoms with Gasteiger partial charge in [-0.3, -0.25) is 9.10 Å². The van der Waals surface area contributed by atoms with Crippen molar-refractivity contribution in [2.24, 2.45) is 0 Å². The van der Waals surface area contributed by atoms with Crippen molar-refractivity contribution >= 4 is 33.4 Å². The smallest absolute Gasteiger partial charge is 0.264 e. The number of nitrogens with zero attached hydrogens (tertiary/aromatic N) is 1. The predicted molar refractivity (Wildman–Crippen MR) is 127 cm³/mol. The van der Waals surface area contributed by atoms with E-state index in [-0.39, 0.29) is 17.3 Å². The number of amides is 1. The summed E-state index contributed by atoms with van der Waals surface area (Å²) in [5.74, 6) is 0.763. The van der Waals surface area contributed by atoms with Gasteiger partial charge in [-0.2, -0.15) is 11.8 Å². The van der Waals surface area contributed by atoms with Gasteiger partial charge in [-0.15, -0.1) is 0 Å². The molecule has 1 amide bonds. The Balaban J connectivity index is 1.40. The Bertz CT molecular complexity index is 1220. The lowest BCUT2D eigenvalue weighted by Gasteiger charge is -2.34. The monoisotopic (exact) mass is 486 g/mol. The van der Waals surface area contributed by atoms with Crippen LogP contribution in [0.25, 0.3) is 0 Å². The average Bonchev–Trinajstić information content (AvgIpc) is 2.84. The van der Waals surface area contributed by atoms with E-state index in [9.17, 15) is 17.6 Å². The Morgan fingerprint density at radius 1 is 1.03 bits per heavy atom. The maximum Gasteiger partial charge on any atom is 0.264 e. The fourth-order valence-electron chi connectivity index (χ4n) is 3.44. The van der Waals surface area contributed by atoms with Crippen LogP contribution in [0.2, 0.25) is 0 Å². The molecule has 0 bridgehead atoms. The summed E-state index contributed by atoms with van der Waals surface area (Å²) >= 11 is 1.50. The largest absolute Gasteiger partial charge is 0.476 e. The molecule has 0 saturated heterocycles. The van der Waals surface area contributed by atoms with Crippen LogP contribution >= 0.6 is 11.8 Å². The average molecular weight is 487 g/mol. The number of halogens is 1. The molecule has 0 unspecified atom stereocenters. The third-order valence-electron chi connectivity index (χ3n) is 5.12. The van der Waals surface area contributed by atoms with Gasteiger partial charge in [0.1, 0.15) is 11.6 Å². The summed E-state index contributed by atoms with van der Waals surface area (Å²) in [5.41, 5.74) is 1.01. The molecule has 1 aliphatic heterocycles. The number of sulfonamides is 1. The number of hydrogen-bond acceptors (Lipinski definition) is 5. The molecule has 9 heteroatoms. The van der Waals surface area contributed by atoms with E-state index in [2.05, 4.69) is 5.32 Å². The molecule has 1 aliphatic rings. The number of rotatable bonds is 8. The third-order valence-corrected chi connectivity index (χ3v) is 7.92. The zero-order chi connectivity index (χ0) is 23.3. The first-order chi connectivity index (χ1) is 16.0. The van der Waals surface area contributed by atoms with Gasteiger partial charge in [0.15, 0.2) is 6.10 Å². The quantitative estimate of drug-likeness (QED) is 0.490. The Morgan fingerprint density at radius 3 is 2.52 bits per heavy atom. The van der Waals surface area contributed by atoms with Crippen molar-refractivity contribution in [2.45, 2.75) is 16.8 Å². The first kappa shape index (κ1) is 23.1. The van der Waals surface area contributed by atoms with Crippen LogP contribution in [0.4, 0.5) is 10.1 Å². The fourth-order valence-corrected chi connectivity index (χ4v) is 5.79. The highest BCUT2D eigenvalue weighted by molar-refractivity contribution is 7.98. The number of hydrogen-bond donors (Lipinski definition) is 1. The number of carbonyl (C=O) groups excluding carboxylic acids is 1. The van der Waals surface area contributed by atoms with Gasteiger partial charge in [0, 0.05) is 18.1 Å². The van der Waals surface area contributed by atoms with Gasteiger partial charge >= 0.3 is 0 Å². The van der Waals surface area contributed by atoms with Gasteiger partial charge in [0.25, 0.3) is 15.9 Å². The van der Waals surface area contributed by atoms with Crippen molar-refractivity contribution in [3.05, 3.63) is 90.2 Å². The number of nitrogens with one attached hydrogen (secondary N) is 1. The number of benzene rings is 3. The molecule has 172 valence electrons. The number of anilines is 1. The van der Waals surface area contributed by atoms with Crippen LogP contribution in [-0.2, 0) is 20.6 Å². The number of ether oxygens (including phenoxy) is 1. The van der Waals surface area contributed by atoms with Crippen LogP contribution in [0.1, 0.15) is 5.56 Å². The first-order valence-electron chi connectivity index (χ1n) is 10.4.